The SMILES string of the molecule is CC1CC(=O)OC[C@H](O)[C@@H](O)[C@H](O)[C@H](O)CN1. The summed E-state index contributed by atoms with van der Waals surface area (Å²) in [5.41, 5.74) is 0. The van der Waals surface area contributed by atoms with E-state index in [1.54, 1.807) is 6.92 Å². The summed E-state index contributed by atoms with van der Waals surface area (Å²) in [7, 11) is 0. The van der Waals surface area contributed by atoms with Crippen molar-refractivity contribution in [2.24, 2.45) is 0 Å². The molecule has 1 heterocycles. The fourth-order valence-corrected chi connectivity index (χ4v) is 1.56. The van der Waals surface area contributed by atoms with E-state index in [0.29, 0.717) is 0 Å². The molecule has 7 heteroatoms. The van der Waals surface area contributed by atoms with Gasteiger partial charge in [-0.1, -0.05) is 0 Å². The van der Waals surface area contributed by atoms with Gasteiger partial charge in [0.2, 0.25) is 0 Å². The highest BCUT2D eigenvalue weighted by molar-refractivity contribution is 5.70. The zero-order valence-electron chi connectivity index (χ0n) is 9.61. The molecule has 0 aliphatic carbocycles. The van der Waals surface area contributed by atoms with Crippen LogP contribution in [0.5, 0.6) is 0 Å². The van der Waals surface area contributed by atoms with E-state index in [2.05, 4.69) is 5.32 Å². The molecule has 1 aliphatic rings. The van der Waals surface area contributed by atoms with Gasteiger partial charge >= 0.3 is 5.97 Å². The Labute approximate surface area is 99.0 Å². The Balaban J connectivity index is 2.70. The van der Waals surface area contributed by atoms with Gasteiger partial charge in [-0.15, -0.1) is 0 Å². The average molecular weight is 249 g/mol. The Morgan fingerprint density at radius 1 is 1.18 bits per heavy atom. The van der Waals surface area contributed by atoms with E-state index in [4.69, 9.17) is 4.74 Å². The molecule has 17 heavy (non-hydrogen) atoms. The van der Waals surface area contributed by atoms with Crippen LogP contribution in [0.25, 0.3) is 0 Å². The molecule has 0 amide bonds. The number of rotatable bonds is 0. The number of hydrogen-bond donors (Lipinski definition) is 5. The first kappa shape index (κ1) is 14.3. The van der Waals surface area contributed by atoms with Crippen molar-refractivity contribution in [1.29, 1.82) is 0 Å². The van der Waals surface area contributed by atoms with E-state index in [1.165, 1.54) is 0 Å². The van der Waals surface area contributed by atoms with Gasteiger partial charge in [0.1, 0.15) is 24.9 Å². The molecule has 1 aliphatic heterocycles. The molecule has 5 N–H and O–H groups in total. The fourth-order valence-electron chi connectivity index (χ4n) is 1.56. The lowest BCUT2D eigenvalue weighted by Crippen LogP contribution is -2.49. The molecule has 1 unspecified atom stereocenters. The van der Waals surface area contributed by atoms with E-state index in [0.717, 1.165) is 0 Å². The van der Waals surface area contributed by atoms with Crippen molar-refractivity contribution in [1.82, 2.24) is 5.32 Å². The minimum absolute atomic E-state index is 0.0133. The highest BCUT2D eigenvalue weighted by Crippen LogP contribution is 2.08. The van der Waals surface area contributed by atoms with Crippen LogP contribution in [-0.4, -0.2) is 70.0 Å². The average Bonchev–Trinajstić information content (AvgIpc) is 2.30. The minimum Gasteiger partial charge on any atom is -0.463 e. The Kier molecular flexibility index (Phi) is 5.29. The van der Waals surface area contributed by atoms with Crippen LogP contribution in [0, 0.1) is 0 Å². The number of hydrogen-bond acceptors (Lipinski definition) is 7. The van der Waals surface area contributed by atoms with Crippen LogP contribution in [0.3, 0.4) is 0 Å². The Bertz CT molecular complexity index is 261. The highest BCUT2D eigenvalue weighted by atomic mass is 16.5. The van der Waals surface area contributed by atoms with E-state index >= 15 is 0 Å². The van der Waals surface area contributed by atoms with Crippen molar-refractivity contribution in [2.75, 3.05) is 13.2 Å². The fraction of sp³-hybridized carbons (Fsp3) is 0.900. The lowest BCUT2D eigenvalue weighted by molar-refractivity contribution is -0.153. The summed E-state index contributed by atoms with van der Waals surface area (Å²) in [6.07, 6.45) is -5.62. The van der Waals surface area contributed by atoms with Crippen LogP contribution in [0.4, 0.5) is 0 Å². The molecule has 1 rings (SSSR count). The summed E-state index contributed by atoms with van der Waals surface area (Å²) in [4.78, 5) is 11.3. The van der Waals surface area contributed by atoms with Gasteiger partial charge in [0.25, 0.3) is 0 Å². The first-order valence-electron chi connectivity index (χ1n) is 5.53. The normalized spacial score (nSPS) is 41.5. The summed E-state index contributed by atoms with van der Waals surface area (Å²) in [5.74, 6) is -0.512. The van der Waals surface area contributed by atoms with Gasteiger partial charge in [-0.05, 0) is 6.92 Å². The smallest absolute Gasteiger partial charge is 0.307 e. The number of carbonyl (C=O) groups excluding carboxylic acids is 1. The number of ether oxygens (including phenoxy) is 1. The van der Waals surface area contributed by atoms with Crippen LogP contribution in [0.2, 0.25) is 0 Å². The predicted molar refractivity (Wildman–Crippen MR) is 57.1 cm³/mol. The third kappa shape index (κ3) is 4.21. The second kappa shape index (κ2) is 6.27. The molecule has 0 aromatic carbocycles. The van der Waals surface area contributed by atoms with Gasteiger partial charge in [0.15, 0.2) is 0 Å². The molecule has 0 aromatic rings. The largest absolute Gasteiger partial charge is 0.463 e. The summed E-state index contributed by atoms with van der Waals surface area (Å²) >= 11 is 0. The van der Waals surface area contributed by atoms with Crippen molar-refractivity contribution in [3.05, 3.63) is 0 Å². The van der Waals surface area contributed by atoms with Crippen LogP contribution < -0.4 is 5.32 Å². The maximum absolute atomic E-state index is 11.3. The third-order valence-corrected chi connectivity index (χ3v) is 2.70. The quantitative estimate of drug-likeness (QED) is 0.298. The third-order valence-electron chi connectivity index (χ3n) is 2.70. The zero-order chi connectivity index (χ0) is 13.0. The second-order valence-electron chi connectivity index (χ2n) is 4.31. The minimum atomic E-state index is -1.56. The van der Waals surface area contributed by atoms with Crippen LogP contribution in [-0.2, 0) is 9.53 Å². The molecule has 1 saturated heterocycles. The lowest BCUT2D eigenvalue weighted by atomic mass is 10.0. The van der Waals surface area contributed by atoms with Crippen molar-refractivity contribution in [3.63, 3.8) is 0 Å². The highest BCUT2D eigenvalue weighted by Gasteiger charge is 2.32. The number of aliphatic hydroxyl groups is 4. The number of aliphatic hydroxyl groups excluding tert-OH is 4. The molecule has 5 atom stereocenters. The molecule has 0 spiro atoms. The molecule has 100 valence electrons. The van der Waals surface area contributed by atoms with Crippen molar-refractivity contribution in [2.45, 2.75) is 43.8 Å². The zero-order valence-corrected chi connectivity index (χ0v) is 9.61. The summed E-state index contributed by atoms with van der Waals surface area (Å²) in [6, 6.07) is -0.225. The molecular formula is C10H19NO6. The molecule has 0 bridgehead atoms. The van der Waals surface area contributed by atoms with E-state index in [9.17, 15) is 25.2 Å². The molecule has 0 aromatic heterocycles. The second-order valence-corrected chi connectivity index (χ2v) is 4.31. The number of esters is 1. The van der Waals surface area contributed by atoms with Crippen molar-refractivity contribution >= 4 is 5.97 Å². The molecule has 7 nitrogen and oxygen atoms in total. The lowest BCUT2D eigenvalue weighted by Gasteiger charge is -2.26. The standard InChI is InChI=1S/C10H19NO6/c1-5-2-8(14)17-4-7(13)10(16)9(15)6(12)3-11-5/h5-7,9-13,15-16H,2-4H2,1H3/t5?,6-,7+,9-,10-/m1/s1. The van der Waals surface area contributed by atoms with Gasteiger partial charge in [-0.25, -0.2) is 0 Å². The number of cyclic esters (lactones) is 1. The Morgan fingerprint density at radius 2 is 1.76 bits per heavy atom. The topological polar surface area (TPSA) is 119 Å². The monoisotopic (exact) mass is 249 g/mol. The van der Waals surface area contributed by atoms with Crippen LogP contribution in [0.15, 0.2) is 0 Å². The number of carbonyl (C=O) groups is 1. The molecule has 1 fully saturated rings. The van der Waals surface area contributed by atoms with Gasteiger partial charge in [0.05, 0.1) is 12.5 Å². The summed E-state index contributed by atoms with van der Waals surface area (Å²) < 4.78 is 4.73. The van der Waals surface area contributed by atoms with Crippen LogP contribution >= 0.6 is 0 Å². The summed E-state index contributed by atoms with van der Waals surface area (Å²) in [5, 5.41) is 40.9. The summed E-state index contributed by atoms with van der Waals surface area (Å²) in [6.45, 7) is 1.33. The number of β-amino-alcohol motifs (C(OH)–C–C–N with tert-alkyl or cyclic N) is 1. The number of nitrogens with one attached hydrogen (secondary N) is 1. The first-order valence-corrected chi connectivity index (χ1v) is 5.53. The first-order chi connectivity index (χ1) is 7.91. The Hall–Kier alpha value is -0.730. The molecule has 0 radical (unpaired) electrons. The van der Waals surface area contributed by atoms with Gasteiger partial charge < -0.3 is 30.5 Å². The van der Waals surface area contributed by atoms with Gasteiger partial charge in [-0.2, -0.15) is 0 Å². The van der Waals surface area contributed by atoms with Crippen LogP contribution in [0.1, 0.15) is 13.3 Å². The maximum Gasteiger partial charge on any atom is 0.307 e. The van der Waals surface area contributed by atoms with E-state index in [-0.39, 0.29) is 19.0 Å². The predicted octanol–water partition coefficient (Wildman–Crippen LogP) is -2.64. The van der Waals surface area contributed by atoms with Gasteiger partial charge in [-0.3, -0.25) is 4.79 Å². The van der Waals surface area contributed by atoms with E-state index < -0.39 is 37.0 Å². The molecule has 0 saturated carbocycles. The molecular weight excluding hydrogens is 230 g/mol. The van der Waals surface area contributed by atoms with Crippen molar-refractivity contribution < 1.29 is 30.0 Å². The Morgan fingerprint density at radius 3 is 2.41 bits per heavy atom. The van der Waals surface area contributed by atoms with E-state index in [1.807, 2.05) is 0 Å². The van der Waals surface area contributed by atoms with Crippen molar-refractivity contribution in [3.8, 4) is 0 Å². The maximum atomic E-state index is 11.3. The van der Waals surface area contributed by atoms with Gasteiger partial charge in [0, 0.05) is 12.6 Å².